The first-order valence-electron chi connectivity index (χ1n) is 7.48. The van der Waals surface area contributed by atoms with E-state index in [4.69, 9.17) is 0 Å². The van der Waals surface area contributed by atoms with Crippen molar-refractivity contribution in [3.63, 3.8) is 0 Å². The second-order valence-electron chi connectivity index (χ2n) is 5.81. The van der Waals surface area contributed by atoms with Gasteiger partial charge in [0, 0.05) is 13.1 Å². The number of aromatic nitrogens is 2. The fraction of sp³-hybridized carbons (Fsp3) is 0.438. The molecule has 23 heavy (non-hydrogen) atoms. The minimum Gasteiger partial charge on any atom is -0.388 e. The minimum atomic E-state index is -3.67. The second-order valence-corrected chi connectivity index (χ2v) is 7.46. The topological polar surface area (TPSA) is 84.2 Å². The Morgan fingerprint density at radius 1 is 1.26 bits per heavy atom. The normalized spacial score (nSPS) is 14.7. The van der Waals surface area contributed by atoms with Crippen LogP contribution in [0.4, 0.5) is 0 Å². The van der Waals surface area contributed by atoms with Gasteiger partial charge in [0.15, 0.2) is 0 Å². The summed E-state index contributed by atoms with van der Waals surface area (Å²) in [5.41, 5.74) is 1.83. The first-order chi connectivity index (χ1) is 10.7. The van der Waals surface area contributed by atoms with E-state index in [9.17, 15) is 13.5 Å². The van der Waals surface area contributed by atoms with Gasteiger partial charge in [0.05, 0.1) is 17.5 Å². The van der Waals surface area contributed by atoms with Crippen LogP contribution in [0.25, 0.3) is 0 Å². The lowest BCUT2D eigenvalue weighted by atomic mass is 10.0. The number of aryl methyl sites for hydroxylation is 2. The number of sulfonamides is 1. The number of nitrogens with zero attached hydrogens (tertiary/aromatic N) is 2. The predicted octanol–water partition coefficient (Wildman–Crippen LogP) is 1.83. The summed E-state index contributed by atoms with van der Waals surface area (Å²) in [7, 11) is -1.96. The molecule has 126 valence electrons. The van der Waals surface area contributed by atoms with Crippen molar-refractivity contribution in [3.05, 3.63) is 47.3 Å². The van der Waals surface area contributed by atoms with Crippen LogP contribution in [-0.4, -0.2) is 29.3 Å². The zero-order valence-electron chi connectivity index (χ0n) is 13.8. The zero-order valence-corrected chi connectivity index (χ0v) is 14.6. The molecule has 0 aliphatic heterocycles. The molecular formula is C16H23N3O3S. The van der Waals surface area contributed by atoms with Gasteiger partial charge in [-0.2, -0.15) is 5.10 Å². The Labute approximate surface area is 137 Å². The second kappa shape index (κ2) is 6.82. The number of aliphatic hydroxyl groups excluding tert-OH is 1. The van der Waals surface area contributed by atoms with Crippen molar-refractivity contribution in [3.8, 4) is 0 Å². The van der Waals surface area contributed by atoms with E-state index in [0.717, 1.165) is 5.56 Å². The summed E-state index contributed by atoms with van der Waals surface area (Å²) in [4.78, 5) is 0.209. The lowest BCUT2D eigenvalue weighted by molar-refractivity contribution is 0.158. The number of aliphatic hydroxyl groups is 1. The van der Waals surface area contributed by atoms with E-state index in [1.54, 1.807) is 32.5 Å². The summed E-state index contributed by atoms with van der Waals surface area (Å²) < 4.78 is 29.3. The van der Waals surface area contributed by atoms with Gasteiger partial charge in [-0.05, 0) is 32.8 Å². The van der Waals surface area contributed by atoms with Gasteiger partial charge in [-0.1, -0.05) is 30.3 Å². The highest BCUT2D eigenvalue weighted by Gasteiger charge is 2.26. The molecule has 2 rings (SSSR count). The van der Waals surface area contributed by atoms with Crippen LogP contribution >= 0.6 is 0 Å². The van der Waals surface area contributed by atoms with Crippen molar-refractivity contribution in [2.24, 2.45) is 7.05 Å². The number of benzene rings is 1. The molecule has 2 aromatic rings. The minimum absolute atomic E-state index is 0.209. The maximum absolute atomic E-state index is 12.6. The van der Waals surface area contributed by atoms with Crippen LogP contribution in [-0.2, 0) is 17.1 Å². The number of rotatable bonds is 6. The van der Waals surface area contributed by atoms with E-state index in [2.05, 4.69) is 9.82 Å². The van der Waals surface area contributed by atoms with Crippen molar-refractivity contribution in [1.29, 1.82) is 0 Å². The molecule has 6 nitrogen and oxygen atoms in total. The molecule has 0 spiro atoms. The standard InChI is InChI=1S/C16H23N3O3S/c1-11(10-15(20)14-8-6-5-7-9-14)18-23(21,22)16-12(2)17-19(4)13(16)3/h5-9,11,15,18,20H,10H2,1-4H3. The molecule has 0 bridgehead atoms. The molecule has 2 atom stereocenters. The Hall–Kier alpha value is -1.70. The molecule has 1 aromatic carbocycles. The van der Waals surface area contributed by atoms with E-state index in [0.29, 0.717) is 17.8 Å². The molecule has 7 heteroatoms. The molecule has 0 saturated heterocycles. The van der Waals surface area contributed by atoms with Gasteiger partial charge >= 0.3 is 0 Å². The Morgan fingerprint density at radius 3 is 2.39 bits per heavy atom. The van der Waals surface area contributed by atoms with Gasteiger partial charge < -0.3 is 5.11 Å². The molecule has 1 heterocycles. The summed E-state index contributed by atoms with van der Waals surface area (Å²) in [5, 5.41) is 14.4. The largest absolute Gasteiger partial charge is 0.388 e. The van der Waals surface area contributed by atoms with Crippen molar-refractivity contribution in [1.82, 2.24) is 14.5 Å². The SMILES string of the molecule is Cc1nn(C)c(C)c1S(=O)(=O)NC(C)CC(O)c1ccccc1. The third kappa shape index (κ3) is 3.99. The van der Waals surface area contributed by atoms with Gasteiger partial charge in [0.2, 0.25) is 10.0 Å². The number of nitrogens with one attached hydrogen (secondary N) is 1. The van der Waals surface area contributed by atoms with Gasteiger partial charge in [0.1, 0.15) is 4.90 Å². The monoisotopic (exact) mass is 337 g/mol. The number of hydrogen-bond acceptors (Lipinski definition) is 4. The van der Waals surface area contributed by atoms with Crippen LogP contribution in [0.3, 0.4) is 0 Å². The lowest BCUT2D eigenvalue weighted by Gasteiger charge is -2.18. The molecule has 0 saturated carbocycles. The highest BCUT2D eigenvalue weighted by Crippen LogP contribution is 2.21. The van der Waals surface area contributed by atoms with Gasteiger partial charge in [-0.15, -0.1) is 0 Å². The molecule has 0 fully saturated rings. The molecule has 2 unspecified atom stereocenters. The first-order valence-corrected chi connectivity index (χ1v) is 8.96. The Kier molecular flexibility index (Phi) is 5.23. The van der Waals surface area contributed by atoms with Crippen molar-refractivity contribution < 1.29 is 13.5 Å². The average molecular weight is 337 g/mol. The third-order valence-electron chi connectivity index (χ3n) is 3.83. The van der Waals surface area contributed by atoms with Crippen molar-refractivity contribution in [2.45, 2.75) is 44.2 Å². The molecule has 0 aliphatic rings. The molecule has 0 aliphatic carbocycles. The molecule has 2 N–H and O–H groups in total. The van der Waals surface area contributed by atoms with Crippen molar-refractivity contribution >= 4 is 10.0 Å². The summed E-state index contributed by atoms with van der Waals surface area (Å²) >= 11 is 0. The van der Waals surface area contributed by atoms with E-state index in [1.165, 1.54) is 0 Å². The summed E-state index contributed by atoms with van der Waals surface area (Å²) in [5.74, 6) is 0. The molecule has 0 amide bonds. The van der Waals surface area contributed by atoms with Crippen LogP contribution in [0.1, 0.15) is 36.4 Å². The maximum Gasteiger partial charge on any atom is 0.244 e. The third-order valence-corrected chi connectivity index (χ3v) is 5.67. The summed E-state index contributed by atoms with van der Waals surface area (Å²) in [6.45, 7) is 5.13. The van der Waals surface area contributed by atoms with Crippen LogP contribution in [0.2, 0.25) is 0 Å². The quantitative estimate of drug-likeness (QED) is 0.842. The first kappa shape index (κ1) is 17.7. The van der Waals surface area contributed by atoms with Crippen LogP contribution in [0.15, 0.2) is 35.2 Å². The van der Waals surface area contributed by atoms with E-state index >= 15 is 0 Å². The maximum atomic E-state index is 12.6. The lowest BCUT2D eigenvalue weighted by Crippen LogP contribution is -2.34. The highest BCUT2D eigenvalue weighted by molar-refractivity contribution is 7.89. The van der Waals surface area contributed by atoms with Gasteiger partial charge in [0.25, 0.3) is 0 Å². The summed E-state index contributed by atoms with van der Waals surface area (Å²) in [6.07, 6.45) is -0.424. The fourth-order valence-corrected chi connectivity index (χ4v) is 4.36. The Balaban J connectivity index is 2.11. The van der Waals surface area contributed by atoms with Crippen molar-refractivity contribution in [2.75, 3.05) is 0 Å². The van der Waals surface area contributed by atoms with Crippen LogP contribution < -0.4 is 4.72 Å². The average Bonchev–Trinajstić information content (AvgIpc) is 2.72. The Bertz CT molecular complexity index is 769. The summed E-state index contributed by atoms with van der Waals surface area (Å²) in [6, 6.07) is 8.79. The zero-order chi connectivity index (χ0) is 17.2. The molecule has 0 radical (unpaired) electrons. The van der Waals surface area contributed by atoms with E-state index in [1.807, 2.05) is 30.3 Å². The van der Waals surface area contributed by atoms with Gasteiger partial charge in [-0.25, -0.2) is 13.1 Å². The highest BCUT2D eigenvalue weighted by atomic mass is 32.2. The molecular weight excluding hydrogens is 314 g/mol. The Morgan fingerprint density at radius 2 is 1.87 bits per heavy atom. The number of hydrogen-bond donors (Lipinski definition) is 2. The smallest absolute Gasteiger partial charge is 0.244 e. The van der Waals surface area contributed by atoms with Gasteiger partial charge in [-0.3, -0.25) is 4.68 Å². The van der Waals surface area contributed by atoms with E-state index in [-0.39, 0.29) is 4.90 Å². The molecule has 1 aromatic heterocycles. The van der Waals surface area contributed by atoms with Crippen LogP contribution in [0.5, 0.6) is 0 Å². The van der Waals surface area contributed by atoms with E-state index < -0.39 is 22.2 Å². The van der Waals surface area contributed by atoms with Crippen LogP contribution in [0, 0.1) is 13.8 Å². The predicted molar refractivity (Wildman–Crippen MR) is 88.5 cm³/mol. The fourth-order valence-electron chi connectivity index (χ4n) is 2.66.